The minimum Gasteiger partial charge on any atom is -0.497 e. The summed E-state index contributed by atoms with van der Waals surface area (Å²) in [6, 6.07) is 7.82. The molecule has 3 heteroatoms. The molecule has 0 fully saturated rings. The topological polar surface area (TPSA) is 48.1 Å². The third-order valence-electron chi connectivity index (χ3n) is 2.43. The van der Waals surface area contributed by atoms with Crippen molar-refractivity contribution in [1.82, 2.24) is 4.98 Å². The van der Waals surface area contributed by atoms with E-state index in [1.54, 1.807) is 13.3 Å². The first-order valence-corrected chi connectivity index (χ1v) is 4.90. The smallest absolute Gasteiger partial charge is 0.119 e. The molecule has 15 heavy (non-hydrogen) atoms. The second-order valence-corrected chi connectivity index (χ2v) is 3.57. The van der Waals surface area contributed by atoms with Crippen LogP contribution in [-0.2, 0) is 0 Å². The molecule has 0 radical (unpaired) electrons. The van der Waals surface area contributed by atoms with Gasteiger partial charge in [0.05, 0.1) is 12.8 Å². The van der Waals surface area contributed by atoms with Gasteiger partial charge in [0.1, 0.15) is 5.75 Å². The number of benzene rings is 1. The molecule has 1 aromatic carbocycles. The zero-order valence-corrected chi connectivity index (χ0v) is 8.90. The summed E-state index contributed by atoms with van der Waals surface area (Å²) >= 11 is 0. The lowest BCUT2D eigenvalue weighted by molar-refractivity contribution is 0.415. The summed E-state index contributed by atoms with van der Waals surface area (Å²) in [6.45, 7) is 1.94. The van der Waals surface area contributed by atoms with Crippen LogP contribution in [-0.4, -0.2) is 12.1 Å². The minimum atomic E-state index is -0.0536. The number of rotatable bonds is 2. The van der Waals surface area contributed by atoms with Crippen molar-refractivity contribution in [2.75, 3.05) is 7.11 Å². The number of hydrogen-bond acceptors (Lipinski definition) is 3. The molecule has 78 valence electrons. The van der Waals surface area contributed by atoms with Crippen LogP contribution < -0.4 is 10.5 Å². The zero-order chi connectivity index (χ0) is 10.8. The summed E-state index contributed by atoms with van der Waals surface area (Å²) in [7, 11) is 1.66. The van der Waals surface area contributed by atoms with Crippen LogP contribution in [0.15, 0.2) is 30.5 Å². The first-order chi connectivity index (χ1) is 7.22. The number of nitrogens with zero attached hydrogens (tertiary/aromatic N) is 1. The standard InChI is InChI=1S/C12H14N2O/c1-8(13)12-11-4-3-10(15-2)7-9(11)5-6-14-12/h3-8H,13H2,1-2H3. The number of hydrogen-bond donors (Lipinski definition) is 1. The Balaban J connectivity index is 2.67. The summed E-state index contributed by atoms with van der Waals surface area (Å²) < 4.78 is 5.17. The van der Waals surface area contributed by atoms with Gasteiger partial charge in [0.25, 0.3) is 0 Å². The van der Waals surface area contributed by atoms with Crippen molar-refractivity contribution in [3.8, 4) is 5.75 Å². The van der Waals surface area contributed by atoms with Gasteiger partial charge in [-0.3, -0.25) is 4.98 Å². The van der Waals surface area contributed by atoms with Crippen LogP contribution in [0.2, 0.25) is 0 Å². The Morgan fingerprint density at radius 1 is 1.33 bits per heavy atom. The third-order valence-corrected chi connectivity index (χ3v) is 2.43. The average molecular weight is 202 g/mol. The Hall–Kier alpha value is -1.61. The molecule has 1 atom stereocenters. The van der Waals surface area contributed by atoms with E-state index in [0.717, 1.165) is 22.2 Å². The largest absolute Gasteiger partial charge is 0.497 e. The predicted octanol–water partition coefficient (Wildman–Crippen LogP) is 2.26. The number of methoxy groups -OCH3 is 1. The molecular weight excluding hydrogens is 188 g/mol. The van der Waals surface area contributed by atoms with Crippen LogP contribution in [0.5, 0.6) is 5.75 Å². The lowest BCUT2D eigenvalue weighted by Gasteiger charge is -2.09. The molecule has 0 saturated carbocycles. The maximum atomic E-state index is 5.86. The van der Waals surface area contributed by atoms with Crippen LogP contribution in [0.4, 0.5) is 0 Å². The van der Waals surface area contributed by atoms with Gasteiger partial charge in [-0.25, -0.2) is 0 Å². The van der Waals surface area contributed by atoms with Crippen molar-refractivity contribution in [3.63, 3.8) is 0 Å². The van der Waals surface area contributed by atoms with E-state index in [1.165, 1.54) is 0 Å². The van der Waals surface area contributed by atoms with Crippen LogP contribution in [0.3, 0.4) is 0 Å². The maximum Gasteiger partial charge on any atom is 0.119 e. The molecule has 1 aromatic heterocycles. The van der Waals surface area contributed by atoms with Crippen molar-refractivity contribution in [2.24, 2.45) is 5.73 Å². The lowest BCUT2D eigenvalue weighted by Crippen LogP contribution is -2.07. The molecule has 2 aromatic rings. The molecule has 3 nitrogen and oxygen atoms in total. The van der Waals surface area contributed by atoms with E-state index in [-0.39, 0.29) is 6.04 Å². The fourth-order valence-corrected chi connectivity index (χ4v) is 1.67. The summed E-state index contributed by atoms with van der Waals surface area (Å²) in [4.78, 5) is 4.30. The fourth-order valence-electron chi connectivity index (χ4n) is 1.67. The third kappa shape index (κ3) is 1.78. The highest BCUT2D eigenvalue weighted by Crippen LogP contribution is 2.24. The first-order valence-electron chi connectivity index (χ1n) is 4.90. The number of pyridine rings is 1. The van der Waals surface area contributed by atoms with Gasteiger partial charge in [0.2, 0.25) is 0 Å². The molecule has 2 rings (SSSR count). The van der Waals surface area contributed by atoms with Crippen molar-refractivity contribution < 1.29 is 4.74 Å². The van der Waals surface area contributed by atoms with Crippen molar-refractivity contribution in [1.29, 1.82) is 0 Å². The molecule has 2 N–H and O–H groups in total. The number of ether oxygens (including phenoxy) is 1. The Morgan fingerprint density at radius 2 is 2.13 bits per heavy atom. The molecule has 0 bridgehead atoms. The van der Waals surface area contributed by atoms with E-state index in [2.05, 4.69) is 4.98 Å². The minimum absolute atomic E-state index is 0.0536. The van der Waals surface area contributed by atoms with Crippen LogP contribution in [0, 0.1) is 0 Å². The van der Waals surface area contributed by atoms with E-state index in [4.69, 9.17) is 10.5 Å². The highest BCUT2D eigenvalue weighted by Gasteiger charge is 2.06. The van der Waals surface area contributed by atoms with Gasteiger partial charge in [-0.05, 0) is 36.6 Å². The van der Waals surface area contributed by atoms with Crippen molar-refractivity contribution in [2.45, 2.75) is 13.0 Å². The van der Waals surface area contributed by atoms with E-state index >= 15 is 0 Å². The van der Waals surface area contributed by atoms with E-state index < -0.39 is 0 Å². The van der Waals surface area contributed by atoms with Gasteiger partial charge >= 0.3 is 0 Å². The van der Waals surface area contributed by atoms with E-state index in [9.17, 15) is 0 Å². The average Bonchev–Trinajstić information content (AvgIpc) is 2.27. The Morgan fingerprint density at radius 3 is 2.80 bits per heavy atom. The second kappa shape index (κ2) is 3.87. The SMILES string of the molecule is COc1ccc2c(C(C)N)nccc2c1. The predicted molar refractivity (Wildman–Crippen MR) is 60.9 cm³/mol. The van der Waals surface area contributed by atoms with Crippen molar-refractivity contribution >= 4 is 10.8 Å². The molecule has 1 heterocycles. The molecule has 0 spiro atoms. The highest BCUT2D eigenvalue weighted by atomic mass is 16.5. The van der Waals surface area contributed by atoms with Gasteiger partial charge < -0.3 is 10.5 Å². The van der Waals surface area contributed by atoms with Crippen LogP contribution >= 0.6 is 0 Å². The molecule has 1 unspecified atom stereocenters. The Labute approximate surface area is 88.9 Å². The van der Waals surface area contributed by atoms with Crippen LogP contribution in [0.1, 0.15) is 18.7 Å². The van der Waals surface area contributed by atoms with Gasteiger partial charge in [0.15, 0.2) is 0 Å². The van der Waals surface area contributed by atoms with E-state index in [0.29, 0.717) is 0 Å². The molecule has 0 aliphatic carbocycles. The number of aromatic nitrogens is 1. The molecule has 0 aliphatic rings. The number of nitrogens with two attached hydrogens (primary N) is 1. The van der Waals surface area contributed by atoms with Gasteiger partial charge in [-0.1, -0.05) is 0 Å². The van der Waals surface area contributed by atoms with Crippen LogP contribution in [0.25, 0.3) is 10.8 Å². The maximum absolute atomic E-state index is 5.86. The second-order valence-electron chi connectivity index (χ2n) is 3.57. The zero-order valence-electron chi connectivity index (χ0n) is 8.90. The quantitative estimate of drug-likeness (QED) is 0.812. The lowest BCUT2D eigenvalue weighted by atomic mass is 10.1. The normalized spacial score (nSPS) is 12.7. The molecule has 0 aliphatic heterocycles. The Bertz CT molecular complexity index is 480. The summed E-state index contributed by atoms with van der Waals surface area (Å²) in [5.41, 5.74) is 6.78. The van der Waals surface area contributed by atoms with Gasteiger partial charge in [0, 0.05) is 17.6 Å². The van der Waals surface area contributed by atoms with Gasteiger partial charge in [-0.15, -0.1) is 0 Å². The summed E-state index contributed by atoms with van der Waals surface area (Å²) in [5, 5.41) is 2.20. The first kappa shape index (κ1) is 9.93. The van der Waals surface area contributed by atoms with E-state index in [1.807, 2.05) is 31.2 Å². The monoisotopic (exact) mass is 202 g/mol. The Kier molecular flexibility index (Phi) is 2.56. The molecular formula is C12H14N2O. The van der Waals surface area contributed by atoms with Crippen molar-refractivity contribution in [3.05, 3.63) is 36.2 Å². The summed E-state index contributed by atoms with van der Waals surface area (Å²) in [6.07, 6.45) is 1.78. The summed E-state index contributed by atoms with van der Waals surface area (Å²) in [5.74, 6) is 0.851. The van der Waals surface area contributed by atoms with Gasteiger partial charge in [-0.2, -0.15) is 0 Å². The highest BCUT2D eigenvalue weighted by molar-refractivity contribution is 5.86. The molecule has 0 amide bonds. The fraction of sp³-hybridized carbons (Fsp3) is 0.250. The number of fused-ring (bicyclic) bond motifs is 1. The molecule has 0 saturated heterocycles.